The van der Waals surface area contributed by atoms with Crippen molar-refractivity contribution in [3.63, 3.8) is 0 Å². The lowest BCUT2D eigenvalue weighted by atomic mass is 10.0. The highest BCUT2D eigenvalue weighted by Gasteiger charge is 2.31. The van der Waals surface area contributed by atoms with Crippen molar-refractivity contribution in [2.75, 3.05) is 17.1 Å². The molecule has 9 heteroatoms. The number of hydrogen-bond donors (Lipinski definition) is 1. The van der Waals surface area contributed by atoms with Gasteiger partial charge in [-0.2, -0.15) is 0 Å². The summed E-state index contributed by atoms with van der Waals surface area (Å²) >= 11 is 3.47. The smallest absolute Gasteiger partial charge is 0.243 e. The van der Waals surface area contributed by atoms with Crippen LogP contribution in [-0.4, -0.2) is 50.0 Å². The van der Waals surface area contributed by atoms with E-state index in [-0.39, 0.29) is 37.4 Å². The van der Waals surface area contributed by atoms with E-state index in [2.05, 4.69) is 21.2 Å². The Morgan fingerprint density at radius 1 is 0.929 bits per heavy atom. The molecule has 0 spiro atoms. The number of halogens is 1. The Hall–Kier alpha value is -3.17. The Labute approximate surface area is 259 Å². The number of nitrogens with one attached hydrogen (secondary N) is 1. The summed E-state index contributed by atoms with van der Waals surface area (Å²) in [5.41, 5.74) is 4.37. The molecule has 0 aliphatic heterocycles. The van der Waals surface area contributed by atoms with E-state index in [1.54, 1.807) is 4.90 Å². The fourth-order valence-corrected chi connectivity index (χ4v) is 6.09. The minimum atomic E-state index is -3.57. The highest BCUT2D eigenvalue weighted by molar-refractivity contribution is 9.10. The third-order valence-electron chi connectivity index (χ3n) is 7.18. The van der Waals surface area contributed by atoms with E-state index in [4.69, 9.17) is 0 Å². The van der Waals surface area contributed by atoms with Gasteiger partial charge in [0.15, 0.2) is 0 Å². The zero-order valence-corrected chi connectivity index (χ0v) is 27.5. The van der Waals surface area contributed by atoms with Gasteiger partial charge in [0.2, 0.25) is 21.8 Å². The predicted molar refractivity (Wildman–Crippen MR) is 174 cm³/mol. The van der Waals surface area contributed by atoms with Crippen molar-refractivity contribution >= 4 is 43.5 Å². The maximum absolute atomic E-state index is 14.0. The van der Waals surface area contributed by atoms with Crippen LogP contribution in [0.15, 0.2) is 77.3 Å². The molecule has 226 valence electrons. The first-order chi connectivity index (χ1) is 19.9. The maximum atomic E-state index is 14.0. The van der Waals surface area contributed by atoms with Gasteiger partial charge in [0, 0.05) is 36.4 Å². The summed E-state index contributed by atoms with van der Waals surface area (Å²) in [4.78, 5) is 29.3. The fraction of sp³-hybridized carbons (Fsp3) is 0.394. The molecule has 1 N–H and O–H groups in total. The predicted octanol–water partition coefficient (Wildman–Crippen LogP) is 6.17. The van der Waals surface area contributed by atoms with Crippen molar-refractivity contribution in [1.29, 1.82) is 0 Å². The molecule has 2 amide bonds. The fourth-order valence-electron chi connectivity index (χ4n) is 4.88. The van der Waals surface area contributed by atoms with Crippen LogP contribution in [-0.2, 0) is 32.6 Å². The second-order valence-corrected chi connectivity index (χ2v) is 13.8. The zero-order chi connectivity index (χ0) is 30.9. The highest BCUT2D eigenvalue weighted by Crippen LogP contribution is 2.23. The van der Waals surface area contributed by atoms with Crippen molar-refractivity contribution < 1.29 is 18.0 Å². The van der Waals surface area contributed by atoms with E-state index in [1.165, 1.54) is 10.6 Å². The second-order valence-electron chi connectivity index (χ2n) is 11.0. The molecule has 0 radical (unpaired) electrons. The zero-order valence-electron chi connectivity index (χ0n) is 25.1. The van der Waals surface area contributed by atoms with Gasteiger partial charge in [-0.3, -0.25) is 13.9 Å². The lowest BCUT2D eigenvalue weighted by molar-refractivity contribution is -0.141. The minimum Gasteiger partial charge on any atom is -0.352 e. The van der Waals surface area contributed by atoms with Gasteiger partial charge in [0.05, 0.1) is 11.9 Å². The Balaban J connectivity index is 1.90. The number of aryl methyl sites for hydroxylation is 2. The number of nitrogens with zero attached hydrogens (tertiary/aromatic N) is 2. The molecule has 42 heavy (non-hydrogen) atoms. The standard InChI is InChI=1S/C33H42BrN3O4S/c1-6-26(4)35-33(39)31(22-27-11-8-7-9-12-27)36(23-28-14-16-29(34)17-15-28)32(38)13-10-18-37(42(5,40)41)30-20-24(2)19-25(3)21-30/h7-9,11-12,14-17,19-21,26,31H,6,10,13,18,22-23H2,1-5H3,(H,35,39)/t26-,31+/m1/s1. The molecule has 0 unspecified atom stereocenters. The van der Waals surface area contributed by atoms with Gasteiger partial charge in [0.25, 0.3) is 0 Å². The Bertz CT molecular complexity index is 1430. The summed E-state index contributed by atoms with van der Waals surface area (Å²) < 4.78 is 27.8. The van der Waals surface area contributed by atoms with Crippen LogP contribution in [0.2, 0.25) is 0 Å². The van der Waals surface area contributed by atoms with Crippen LogP contribution in [0.25, 0.3) is 0 Å². The van der Waals surface area contributed by atoms with Crippen LogP contribution in [0.5, 0.6) is 0 Å². The first kappa shape index (κ1) is 33.3. The van der Waals surface area contributed by atoms with E-state index in [9.17, 15) is 18.0 Å². The normalized spacial score (nSPS) is 12.8. The summed E-state index contributed by atoms with van der Waals surface area (Å²) in [6, 6.07) is 22.3. The number of rotatable bonds is 14. The van der Waals surface area contributed by atoms with Crippen LogP contribution in [0, 0.1) is 13.8 Å². The SMILES string of the molecule is CC[C@@H](C)NC(=O)[C@H](Cc1ccccc1)N(Cc1ccc(Br)cc1)C(=O)CCCN(c1cc(C)cc(C)c1)S(C)(=O)=O. The topological polar surface area (TPSA) is 86.8 Å². The third-order valence-corrected chi connectivity index (χ3v) is 8.91. The lowest BCUT2D eigenvalue weighted by Crippen LogP contribution is -2.52. The van der Waals surface area contributed by atoms with Gasteiger partial charge in [0.1, 0.15) is 6.04 Å². The molecule has 3 aromatic rings. The molecule has 0 heterocycles. The average Bonchev–Trinajstić information content (AvgIpc) is 2.93. The van der Waals surface area contributed by atoms with Crippen LogP contribution < -0.4 is 9.62 Å². The molecule has 0 saturated heterocycles. The molecule has 0 aliphatic rings. The molecule has 0 fully saturated rings. The van der Waals surface area contributed by atoms with Crippen LogP contribution in [0.3, 0.4) is 0 Å². The van der Waals surface area contributed by atoms with Crippen molar-refractivity contribution in [2.24, 2.45) is 0 Å². The summed E-state index contributed by atoms with van der Waals surface area (Å²) in [5.74, 6) is -0.404. The number of benzene rings is 3. The number of hydrogen-bond acceptors (Lipinski definition) is 4. The molecule has 2 atom stereocenters. The second kappa shape index (κ2) is 15.3. The summed E-state index contributed by atoms with van der Waals surface area (Å²) in [5, 5.41) is 3.08. The number of carbonyl (C=O) groups excluding carboxylic acids is 2. The van der Waals surface area contributed by atoms with Gasteiger partial charge < -0.3 is 10.2 Å². The molecule has 3 aromatic carbocycles. The first-order valence-corrected chi connectivity index (χ1v) is 17.0. The molecule has 3 rings (SSSR count). The van der Waals surface area contributed by atoms with Crippen molar-refractivity contribution in [2.45, 2.75) is 72.0 Å². The lowest BCUT2D eigenvalue weighted by Gasteiger charge is -2.32. The number of sulfonamides is 1. The molecular formula is C33H42BrN3O4S. The molecule has 0 bridgehead atoms. The third kappa shape index (κ3) is 9.98. The summed E-state index contributed by atoms with van der Waals surface area (Å²) in [7, 11) is -3.57. The quantitative estimate of drug-likeness (QED) is 0.225. The van der Waals surface area contributed by atoms with Gasteiger partial charge in [-0.15, -0.1) is 0 Å². The Morgan fingerprint density at radius 2 is 1.55 bits per heavy atom. The Kier molecular flexibility index (Phi) is 12.2. The Morgan fingerprint density at radius 3 is 2.12 bits per heavy atom. The van der Waals surface area contributed by atoms with Gasteiger partial charge in [-0.25, -0.2) is 8.42 Å². The molecule has 0 aromatic heterocycles. The van der Waals surface area contributed by atoms with Crippen molar-refractivity contribution in [3.05, 3.63) is 99.5 Å². The highest BCUT2D eigenvalue weighted by atomic mass is 79.9. The van der Waals surface area contributed by atoms with Gasteiger partial charge in [-0.05, 0) is 80.1 Å². The monoisotopic (exact) mass is 655 g/mol. The summed E-state index contributed by atoms with van der Waals surface area (Å²) in [6.07, 6.45) is 2.71. The van der Waals surface area contributed by atoms with Crippen LogP contribution in [0.4, 0.5) is 5.69 Å². The van der Waals surface area contributed by atoms with Crippen molar-refractivity contribution in [3.8, 4) is 0 Å². The molecular weight excluding hydrogens is 614 g/mol. The van der Waals surface area contributed by atoms with E-state index < -0.39 is 16.1 Å². The van der Waals surface area contributed by atoms with Crippen LogP contribution >= 0.6 is 15.9 Å². The van der Waals surface area contributed by atoms with Gasteiger partial charge in [-0.1, -0.05) is 71.4 Å². The summed E-state index contributed by atoms with van der Waals surface area (Å²) in [6.45, 7) is 8.22. The minimum absolute atomic E-state index is 0.0403. The molecule has 0 saturated carbocycles. The van der Waals surface area contributed by atoms with Crippen molar-refractivity contribution in [1.82, 2.24) is 10.2 Å². The van der Waals surface area contributed by atoms with E-state index in [1.807, 2.05) is 100 Å². The van der Waals surface area contributed by atoms with E-state index in [0.29, 0.717) is 18.5 Å². The molecule has 0 aliphatic carbocycles. The van der Waals surface area contributed by atoms with E-state index in [0.717, 1.165) is 33.1 Å². The maximum Gasteiger partial charge on any atom is 0.243 e. The largest absolute Gasteiger partial charge is 0.352 e. The van der Waals surface area contributed by atoms with Gasteiger partial charge >= 0.3 is 0 Å². The van der Waals surface area contributed by atoms with E-state index >= 15 is 0 Å². The number of amides is 2. The average molecular weight is 657 g/mol. The number of carbonyl (C=O) groups is 2. The number of anilines is 1. The molecule has 7 nitrogen and oxygen atoms in total. The first-order valence-electron chi connectivity index (χ1n) is 14.3. The van der Waals surface area contributed by atoms with Crippen LogP contribution in [0.1, 0.15) is 55.4 Å².